The van der Waals surface area contributed by atoms with Gasteiger partial charge in [0.1, 0.15) is 5.76 Å². The van der Waals surface area contributed by atoms with Crippen LogP contribution in [-0.4, -0.2) is 17.4 Å². The van der Waals surface area contributed by atoms with Crippen molar-refractivity contribution in [2.24, 2.45) is 0 Å². The Bertz CT molecular complexity index is 784. The lowest BCUT2D eigenvalue weighted by molar-refractivity contribution is 0.0733. The third-order valence-electron chi connectivity index (χ3n) is 3.80. The topological polar surface area (TPSA) is 33.5 Å². The average molecular weight is 340 g/mol. The molecular weight excluding hydrogens is 322 g/mol. The number of hydrogen-bond donors (Lipinski definition) is 0. The van der Waals surface area contributed by atoms with Crippen LogP contribution in [0.2, 0.25) is 5.02 Å². The molecule has 1 amide bonds. The van der Waals surface area contributed by atoms with Crippen molar-refractivity contribution in [1.82, 2.24) is 4.90 Å². The quantitative estimate of drug-likeness (QED) is 0.645. The number of benzene rings is 2. The van der Waals surface area contributed by atoms with E-state index in [1.165, 1.54) is 5.56 Å². The fourth-order valence-electron chi connectivity index (χ4n) is 2.56. The molecular formula is C20H18ClNO2. The normalized spacial score (nSPS) is 10.5. The van der Waals surface area contributed by atoms with E-state index in [2.05, 4.69) is 12.1 Å². The molecule has 0 saturated heterocycles. The van der Waals surface area contributed by atoms with Gasteiger partial charge < -0.3 is 9.32 Å². The van der Waals surface area contributed by atoms with Gasteiger partial charge in [0.15, 0.2) is 0 Å². The van der Waals surface area contributed by atoms with Gasteiger partial charge in [0, 0.05) is 17.1 Å². The number of nitrogens with zero attached hydrogens (tertiary/aromatic N) is 1. The van der Waals surface area contributed by atoms with Crippen molar-refractivity contribution in [1.29, 1.82) is 0 Å². The van der Waals surface area contributed by atoms with Crippen molar-refractivity contribution in [2.75, 3.05) is 6.54 Å². The van der Waals surface area contributed by atoms with E-state index in [1.807, 2.05) is 30.3 Å². The first-order valence-electron chi connectivity index (χ1n) is 7.83. The van der Waals surface area contributed by atoms with E-state index in [1.54, 1.807) is 35.4 Å². The van der Waals surface area contributed by atoms with Gasteiger partial charge in [-0.25, -0.2) is 0 Å². The van der Waals surface area contributed by atoms with Crippen molar-refractivity contribution in [2.45, 2.75) is 13.0 Å². The first-order chi connectivity index (χ1) is 11.7. The molecule has 0 aliphatic heterocycles. The summed E-state index contributed by atoms with van der Waals surface area (Å²) < 4.78 is 5.41. The van der Waals surface area contributed by atoms with E-state index in [4.69, 9.17) is 16.0 Å². The lowest BCUT2D eigenvalue weighted by atomic mass is 10.1. The lowest BCUT2D eigenvalue weighted by Crippen LogP contribution is -2.32. The molecule has 122 valence electrons. The van der Waals surface area contributed by atoms with Crippen LogP contribution in [0, 0.1) is 0 Å². The van der Waals surface area contributed by atoms with Gasteiger partial charge in [-0.15, -0.1) is 0 Å². The van der Waals surface area contributed by atoms with Gasteiger partial charge >= 0.3 is 0 Å². The highest BCUT2D eigenvalue weighted by molar-refractivity contribution is 6.30. The van der Waals surface area contributed by atoms with Gasteiger partial charge in [-0.1, -0.05) is 48.0 Å². The van der Waals surface area contributed by atoms with Crippen LogP contribution in [0.5, 0.6) is 0 Å². The Kier molecular flexibility index (Phi) is 5.34. The maximum Gasteiger partial charge on any atom is 0.254 e. The second-order valence-corrected chi connectivity index (χ2v) is 5.99. The second-order valence-electron chi connectivity index (χ2n) is 5.55. The molecule has 24 heavy (non-hydrogen) atoms. The maximum absolute atomic E-state index is 12.9. The van der Waals surface area contributed by atoms with Gasteiger partial charge in [0.25, 0.3) is 5.91 Å². The van der Waals surface area contributed by atoms with Crippen LogP contribution in [0.1, 0.15) is 21.7 Å². The highest BCUT2D eigenvalue weighted by Crippen LogP contribution is 2.16. The highest BCUT2D eigenvalue weighted by Gasteiger charge is 2.17. The van der Waals surface area contributed by atoms with Gasteiger partial charge in [-0.05, 0) is 42.3 Å². The van der Waals surface area contributed by atoms with Crippen LogP contribution < -0.4 is 0 Å². The number of carbonyl (C=O) groups excluding carboxylic acids is 1. The molecule has 0 spiro atoms. The zero-order valence-electron chi connectivity index (χ0n) is 13.2. The molecule has 0 atom stereocenters. The Morgan fingerprint density at radius 3 is 2.54 bits per heavy atom. The summed E-state index contributed by atoms with van der Waals surface area (Å²) in [4.78, 5) is 14.7. The number of amides is 1. The monoisotopic (exact) mass is 339 g/mol. The SMILES string of the molecule is O=C(c1cccc(Cl)c1)N(CCc1ccccc1)Cc1ccco1. The first kappa shape index (κ1) is 16.3. The predicted octanol–water partition coefficient (Wildman–Crippen LogP) is 4.82. The lowest BCUT2D eigenvalue weighted by Gasteiger charge is -2.22. The van der Waals surface area contributed by atoms with Crippen LogP contribution in [0.25, 0.3) is 0 Å². The minimum atomic E-state index is -0.0511. The molecule has 0 aliphatic rings. The summed E-state index contributed by atoms with van der Waals surface area (Å²) in [6.07, 6.45) is 2.41. The van der Waals surface area contributed by atoms with Crippen molar-refractivity contribution < 1.29 is 9.21 Å². The largest absolute Gasteiger partial charge is 0.467 e. The minimum absolute atomic E-state index is 0.0511. The summed E-state index contributed by atoms with van der Waals surface area (Å²) in [5.41, 5.74) is 1.78. The number of carbonyl (C=O) groups is 1. The molecule has 0 bridgehead atoms. The summed E-state index contributed by atoms with van der Waals surface area (Å²) >= 11 is 6.02. The van der Waals surface area contributed by atoms with Crippen LogP contribution in [0.3, 0.4) is 0 Å². The summed E-state index contributed by atoms with van der Waals surface area (Å²) in [6.45, 7) is 1.04. The Balaban J connectivity index is 1.77. The summed E-state index contributed by atoms with van der Waals surface area (Å²) in [5.74, 6) is 0.711. The zero-order chi connectivity index (χ0) is 16.8. The Labute approximate surface area is 146 Å². The Morgan fingerprint density at radius 1 is 1.00 bits per heavy atom. The zero-order valence-corrected chi connectivity index (χ0v) is 13.9. The standard InChI is InChI=1S/C20H18ClNO2/c21-18-9-4-8-17(14-18)20(23)22(15-19-10-5-13-24-19)12-11-16-6-2-1-3-7-16/h1-10,13-14H,11-12,15H2. The van der Waals surface area contributed by atoms with Crippen LogP contribution in [0.15, 0.2) is 77.4 Å². The van der Waals surface area contributed by atoms with E-state index >= 15 is 0 Å². The van der Waals surface area contributed by atoms with Crippen molar-refractivity contribution >= 4 is 17.5 Å². The minimum Gasteiger partial charge on any atom is -0.467 e. The molecule has 0 N–H and O–H groups in total. The molecule has 0 radical (unpaired) electrons. The smallest absolute Gasteiger partial charge is 0.254 e. The van der Waals surface area contributed by atoms with E-state index < -0.39 is 0 Å². The van der Waals surface area contributed by atoms with E-state index in [-0.39, 0.29) is 5.91 Å². The first-order valence-corrected chi connectivity index (χ1v) is 8.21. The second kappa shape index (κ2) is 7.84. The third kappa shape index (κ3) is 4.27. The molecule has 3 rings (SSSR count). The number of rotatable bonds is 6. The molecule has 0 saturated carbocycles. The summed E-state index contributed by atoms with van der Waals surface area (Å²) in [5, 5.41) is 0.557. The van der Waals surface area contributed by atoms with Crippen LogP contribution >= 0.6 is 11.6 Å². The summed E-state index contributed by atoms with van der Waals surface area (Å²) in [7, 11) is 0. The van der Waals surface area contributed by atoms with E-state index in [0.29, 0.717) is 23.7 Å². The van der Waals surface area contributed by atoms with E-state index in [9.17, 15) is 4.79 Å². The maximum atomic E-state index is 12.9. The average Bonchev–Trinajstić information content (AvgIpc) is 3.12. The highest BCUT2D eigenvalue weighted by atomic mass is 35.5. The van der Waals surface area contributed by atoms with Gasteiger partial charge in [-0.2, -0.15) is 0 Å². The number of hydrogen-bond acceptors (Lipinski definition) is 2. The Morgan fingerprint density at radius 2 is 1.83 bits per heavy atom. The van der Waals surface area contributed by atoms with Crippen molar-refractivity contribution in [3.63, 3.8) is 0 Å². The van der Waals surface area contributed by atoms with Gasteiger partial charge in [0.2, 0.25) is 0 Å². The molecule has 1 heterocycles. The fourth-order valence-corrected chi connectivity index (χ4v) is 2.75. The molecule has 2 aromatic carbocycles. The fraction of sp³-hybridized carbons (Fsp3) is 0.150. The molecule has 0 fully saturated rings. The van der Waals surface area contributed by atoms with Gasteiger partial charge in [0.05, 0.1) is 12.8 Å². The van der Waals surface area contributed by atoms with E-state index in [0.717, 1.165) is 12.2 Å². The predicted molar refractivity (Wildman–Crippen MR) is 95.0 cm³/mol. The van der Waals surface area contributed by atoms with Gasteiger partial charge in [-0.3, -0.25) is 4.79 Å². The molecule has 3 aromatic rings. The van der Waals surface area contributed by atoms with Crippen molar-refractivity contribution in [3.8, 4) is 0 Å². The summed E-state index contributed by atoms with van der Waals surface area (Å²) in [6, 6.07) is 20.9. The third-order valence-corrected chi connectivity index (χ3v) is 4.03. The van der Waals surface area contributed by atoms with Crippen molar-refractivity contribution in [3.05, 3.63) is 94.9 Å². The molecule has 1 aromatic heterocycles. The number of halogens is 1. The molecule has 3 nitrogen and oxygen atoms in total. The van der Waals surface area contributed by atoms with Crippen LogP contribution in [0.4, 0.5) is 0 Å². The molecule has 4 heteroatoms. The molecule has 0 aliphatic carbocycles. The molecule has 0 unspecified atom stereocenters. The van der Waals surface area contributed by atoms with Crippen LogP contribution in [-0.2, 0) is 13.0 Å². The Hall–Kier alpha value is -2.52. The number of furan rings is 1.